The van der Waals surface area contributed by atoms with Gasteiger partial charge >= 0.3 is 0 Å². The van der Waals surface area contributed by atoms with Gasteiger partial charge in [-0.1, -0.05) is 13.8 Å². The third-order valence-corrected chi connectivity index (χ3v) is 4.60. The number of hydrogen-bond acceptors (Lipinski definition) is 2. The van der Waals surface area contributed by atoms with Crippen LogP contribution in [0, 0.1) is 11.8 Å². The minimum absolute atomic E-state index is 0.571. The van der Waals surface area contributed by atoms with E-state index >= 15 is 0 Å². The van der Waals surface area contributed by atoms with E-state index in [2.05, 4.69) is 19.2 Å². The molecule has 2 heteroatoms. The van der Waals surface area contributed by atoms with E-state index in [0.29, 0.717) is 6.10 Å². The largest absolute Gasteiger partial charge is 0.378 e. The van der Waals surface area contributed by atoms with Gasteiger partial charge in [-0.25, -0.2) is 0 Å². The Morgan fingerprint density at radius 1 is 1.19 bits per heavy atom. The minimum Gasteiger partial charge on any atom is -0.378 e. The van der Waals surface area contributed by atoms with E-state index < -0.39 is 0 Å². The highest BCUT2D eigenvalue weighted by atomic mass is 16.5. The summed E-state index contributed by atoms with van der Waals surface area (Å²) in [6.45, 7) is 6.96. The molecule has 1 N–H and O–H groups in total. The van der Waals surface area contributed by atoms with Crippen LogP contribution in [0.4, 0.5) is 0 Å². The third-order valence-electron chi connectivity index (χ3n) is 4.60. The fourth-order valence-electron chi connectivity index (χ4n) is 3.14. The van der Waals surface area contributed by atoms with Crippen LogP contribution in [-0.4, -0.2) is 25.3 Å². The summed E-state index contributed by atoms with van der Waals surface area (Å²) in [5.74, 6) is 1.78. The van der Waals surface area contributed by atoms with Crippen LogP contribution in [0.5, 0.6) is 0 Å². The van der Waals surface area contributed by atoms with Crippen molar-refractivity contribution in [1.82, 2.24) is 5.32 Å². The van der Waals surface area contributed by atoms with Gasteiger partial charge in [0.1, 0.15) is 0 Å². The molecule has 0 bridgehead atoms. The molecule has 94 valence electrons. The van der Waals surface area contributed by atoms with Gasteiger partial charge in [0.25, 0.3) is 0 Å². The predicted octanol–water partition coefficient (Wildman–Crippen LogP) is 2.97. The Balaban J connectivity index is 1.54. The van der Waals surface area contributed by atoms with Crippen LogP contribution >= 0.6 is 0 Å². The van der Waals surface area contributed by atoms with Gasteiger partial charge in [0, 0.05) is 12.6 Å². The molecule has 1 heterocycles. The first-order chi connectivity index (χ1) is 7.77. The van der Waals surface area contributed by atoms with Crippen molar-refractivity contribution in [2.24, 2.45) is 11.8 Å². The van der Waals surface area contributed by atoms with Crippen LogP contribution in [0.25, 0.3) is 0 Å². The quantitative estimate of drug-likeness (QED) is 0.726. The van der Waals surface area contributed by atoms with Gasteiger partial charge < -0.3 is 10.1 Å². The van der Waals surface area contributed by atoms with E-state index in [0.717, 1.165) is 24.5 Å². The number of hydrogen-bond donors (Lipinski definition) is 1. The topological polar surface area (TPSA) is 21.3 Å². The third kappa shape index (κ3) is 3.21. The molecular formula is C14H27NO. The molecule has 1 aliphatic carbocycles. The van der Waals surface area contributed by atoms with Gasteiger partial charge in [-0.05, 0) is 56.9 Å². The van der Waals surface area contributed by atoms with E-state index in [-0.39, 0.29) is 0 Å². The highest BCUT2D eigenvalue weighted by Crippen LogP contribution is 2.31. The lowest BCUT2D eigenvalue weighted by molar-refractivity contribution is 0.102. The fourth-order valence-corrected chi connectivity index (χ4v) is 3.14. The standard InChI is InChI=1S/C14H27NO/c1-11-7-8-14(12(11)2)15-9-3-5-13-6-4-10-16-13/h11-15H,3-10H2,1-2H3. The molecule has 2 fully saturated rings. The lowest BCUT2D eigenvalue weighted by Crippen LogP contribution is -2.33. The van der Waals surface area contributed by atoms with Crippen molar-refractivity contribution in [1.29, 1.82) is 0 Å². The Labute approximate surface area is 100 Å². The Kier molecular flexibility index (Phi) is 4.66. The van der Waals surface area contributed by atoms with Crippen molar-refractivity contribution < 1.29 is 4.74 Å². The van der Waals surface area contributed by atoms with Crippen molar-refractivity contribution >= 4 is 0 Å². The highest BCUT2D eigenvalue weighted by molar-refractivity contribution is 4.84. The van der Waals surface area contributed by atoms with Gasteiger partial charge in [0.2, 0.25) is 0 Å². The maximum Gasteiger partial charge on any atom is 0.0576 e. The molecule has 0 radical (unpaired) electrons. The SMILES string of the molecule is CC1CCC(NCCCC2CCCO2)C1C. The second-order valence-corrected chi connectivity index (χ2v) is 5.75. The van der Waals surface area contributed by atoms with E-state index in [1.807, 2.05) is 0 Å². The van der Waals surface area contributed by atoms with Crippen molar-refractivity contribution in [3.8, 4) is 0 Å². The minimum atomic E-state index is 0.571. The van der Waals surface area contributed by atoms with Crippen molar-refractivity contribution in [2.75, 3.05) is 13.2 Å². The van der Waals surface area contributed by atoms with Crippen molar-refractivity contribution in [3.63, 3.8) is 0 Å². The van der Waals surface area contributed by atoms with Crippen LogP contribution in [0.1, 0.15) is 52.4 Å². The molecule has 2 nitrogen and oxygen atoms in total. The number of rotatable bonds is 5. The summed E-state index contributed by atoms with van der Waals surface area (Å²) in [7, 11) is 0. The smallest absolute Gasteiger partial charge is 0.0576 e. The molecule has 2 aliphatic rings. The lowest BCUT2D eigenvalue weighted by Gasteiger charge is -2.20. The first kappa shape index (κ1) is 12.4. The average Bonchev–Trinajstić information content (AvgIpc) is 2.88. The zero-order valence-electron chi connectivity index (χ0n) is 10.9. The summed E-state index contributed by atoms with van der Waals surface area (Å²) < 4.78 is 5.64. The molecule has 4 unspecified atom stereocenters. The summed E-state index contributed by atoms with van der Waals surface area (Å²) in [6, 6.07) is 0.777. The lowest BCUT2D eigenvalue weighted by atomic mass is 9.98. The molecule has 1 aliphatic heterocycles. The van der Waals surface area contributed by atoms with E-state index in [1.54, 1.807) is 0 Å². The molecule has 4 atom stereocenters. The average molecular weight is 225 g/mol. The van der Waals surface area contributed by atoms with Crippen molar-refractivity contribution in [3.05, 3.63) is 0 Å². The normalized spacial score (nSPS) is 39.4. The molecule has 0 amide bonds. The van der Waals surface area contributed by atoms with Crippen LogP contribution in [-0.2, 0) is 4.74 Å². The van der Waals surface area contributed by atoms with Crippen LogP contribution in [0.2, 0.25) is 0 Å². The van der Waals surface area contributed by atoms with Crippen LogP contribution in [0.15, 0.2) is 0 Å². The second-order valence-electron chi connectivity index (χ2n) is 5.75. The maximum atomic E-state index is 5.64. The van der Waals surface area contributed by atoms with Crippen LogP contribution < -0.4 is 5.32 Å². The summed E-state index contributed by atoms with van der Waals surface area (Å²) >= 11 is 0. The van der Waals surface area contributed by atoms with Crippen LogP contribution in [0.3, 0.4) is 0 Å². The molecule has 2 rings (SSSR count). The highest BCUT2D eigenvalue weighted by Gasteiger charge is 2.28. The Hall–Kier alpha value is -0.0800. The molecule has 0 aromatic carbocycles. The van der Waals surface area contributed by atoms with E-state index in [9.17, 15) is 0 Å². The molecule has 0 spiro atoms. The molecule has 0 aromatic heterocycles. The van der Waals surface area contributed by atoms with Crippen molar-refractivity contribution in [2.45, 2.75) is 64.5 Å². The first-order valence-electron chi connectivity index (χ1n) is 7.12. The second kappa shape index (κ2) is 6.02. The van der Waals surface area contributed by atoms with Gasteiger partial charge in [-0.15, -0.1) is 0 Å². The Morgan fingerprint density at radius 3 is 2.69 bits per heavy atom. The molecular weight excluding hydrogens is 198 g/mol. The van der Waals surface area contributed by atoms with Gasteiger partial charge in [-0.2, -0.15) is 0 Å². The summed E-state index contributed by atoms with van der Waals surface area (Å²) in [5.41, 5.74) is 0. The molecule has 1 saturated carbocycles. The summed E-state index contributed by atoms with van der Waals surface area (Å²) in [5, 5.41) is 3.73. The number of nitrogens with one attached hydrogen (secondary N) is 1. The Morgan fingerprint density at radius 2 is 2.06 bits per heavy atom. The molecule has 1 saturated heterocycles. The first-order valence-corrected chi connectivity index (χ1v) is 7.12. The molecule has 0 aromatic rings. The molecule has 16 heavy (non-hydrogen) atoms. The zero-order chi connectivity index (χ0) is 11.4. The van der Waals surface area contributed by atoms with E-state index in [4.69, 9.17) is 4.74 Å². The van der Waals surface area contributed by atoms with Gasteiger partial charge in [0.05, 0.1) is 6.10 Å². The summed E-state index contributed by atoms with van der Waals surface area (Å²) in [6.07, 6.45) is 8.45. The van der Waals surface area contributed by atoms with Gasteiger partial charge in [0.15, 0.2) is 0 Å². The summed E-state index contributed by atoms with van der Waals surface area (Å²) in [4.78, 5) is 0. The van der Waals surface area contributed by atoms with E-state index in [1.165, 1.54) is 45.1 Å². The monoisotopic (exact) mass is 225 g/mol. The Bertz CT molecular complexity index is 201. The number of ether oxygens (including phenoxy) is 1. The fraction of sp³-hybridized carbons (Fsp3) is 1.00. The zero-order valence-corrected chi connectivity index (χ0v) is 10.9. The van der Waals surface area contributed by atoms with Gasteiger partial charge in [-0.3, -0.25) is 0 Å². The maximum absolute atomic E-state index is 5.64. The predicted molar refractivity (Wildman–Crippen MR) is 67.6 cm³/mol.